The van der Waals surface area contributed by atoms with Gasteiger partial charge in [-0.15, -0.1) is 0 Å². The van der Waals surface area contributed by atoms with E-state index in [0.717, 1.165) is 11.1 Å². The van der Waals surface area contributed by atoms with Gasteiger partial charge in [-0.2, -0.15) is 0 Å². The van der Waals surface area contributed by atoms with Gasteiger partial charge in [-0.25, -0.2) is 4.39 Å². The molecule has 1 aliphatic rings. The maximum absolute atomic E-state index is 13.2. The third-order valence-corrected chi connectivity index (χ3v) is 3.02. The quantitative estimate of drug-likeness (QED) is 0.799. The number of carboxylic acids is 1. The molecular formula is C12H14FNO2. The summed E-state index contributed by atoms with van der Waals surface area (Å²) in [6, 6.07) is 4.74. The summed E-state index contributed by atoms with van der Waals surface area (Å²) in [7, 11) is 0. The highest BCUT2D eigenvalue weighted by atomic mass is 19.1. The van der Waals surface area contributed by atoms with Gasteiger partial charge in [0, 0.05) is 19.0 Å². The van der Waals surface area contributed by atoms with Crippen LogP contribution in [-0.2, 0) is 4.79 Å². The fourth-order valence-electron chi connectivity index (χ4n) is 2.27. The summed E-state index contributed by atoms with van der Waals surface area (Å²) in [6.07, 6.45) is 0. The Labute approximate surface area is 93.3 Å². The number of benzene rings is 1. The van der Waals surface area contributed by atoms with Crippen molar-refractivity contribution in [2.45, 2.75) is 12.8 Å². The van der Waals surface area contributed by atoms with Gasteiger partial charge in [0.2, 0.25) is 0 Å². The number of aryl methyl sites for hydroxylation is 1. The summed E-state index contributed by atoms with van der Waals surface area (Å²) in [5.74, 6) is -1.71. The predicted molar refractivity (Wildman–Crippen MR) is 57.9 cm³/mol. The third-order valence-electron chi connectivity index (χ3n) is 3.02. The van der Waals surface area contributed by atoms with Gasteiger partial charge >= 0.3 is 5.97 Å². The van der Waals surface area contributed by atoms with Crippen molar-refractivity contribution in [3.8, 4) is 0 Å². The lowest BCUT2D eigenvalue weighted by Gasteiger charge is -2.15. The first-order valence-electron chi connectivity index (χ1n) is 5.28. The monoisotopic (exact) mass is 223 g/mol. The Morgan fingerprint density at radius 1 is 1.44 bits per heavy atom. The molecule has 4 heteroatoms. The van der Waals surface area contributed by atoms with Gasteiger partial charge in [0.15, 0.2) is 0 Å². The molecule has 2 atom stereocenters. The fraction of sp³-hybridized carbons (Fsp3) is 0.417. The van der Waals surface area contributed by atoms with Crippen molar-refractivity contribution in [3.63, 3.8) is 0 Å². The Kier molecular flexibility index (Phi) is 2.92. The molecule has 0 aliphatic carbocycles. The zero-order valence-corrected chi connectivity index (χ0v) is 9.03. The minimum atomic E-state index is -0.822. The van der Waals surface area contributed by atoms with E-state index in [1.807, 2.05) is 13.0 Å². The molecule has 86 valence electrons. The fourth-order valence-corrected chi connectivity index (χ4v) is 2.27. The minimum absolute atomic E-state index is 0.133. The van der Waals surface area contributed by atoms with Crippen LogP contribution in [0.5, 0.6) is 0 Å². The molecular weight excluding hydrogens is 209 g/mol. The lowest BCUT2D eigenvalue weighted by atomic mass is 9.88. The van der Waals surface area contributed by atoms with E-state index in [2.05, 4.69) is 5.32 Å². The highest BCUT2D eigenvalue weighted by molar-refractivity contribution is 5.72. The molecule has 16 heavy (non-hydrogen) atoms. The maximum Gasteiger partial charge on any atom is 0.308 e. The summed E-state index contributed by atoms with van der Waals surface area (Å²) in [5.41, 5.74) is 1.60. The molecule has 1 fully saturated rings. The second-order valence-electron chi connectivity index (χ2n) is 4.27. The van der Waals surface area contributed by atoms with Gasteiger partial charge in [0.05, 0.1) is 5.92 Å². The van der Waals surface area contributed by atoms with E-state index in [-0.39, 0.29) is 11.7 Å². The van der Waals surface area contributed by atoms with Crippen LogP contribution < -0.4 is 5.32 Å². The van der Waals surface area contributed by atoms with Crippen LogP contribution in [0.3, 0.4) is 0 Å². The topological polar surface area (TPSA) is 49.3 Å². The van der Waals surface area contributed by atoms with Crippen molar-refractivity contribution in [2.75, 3.05) is 13.1 Å². The van der Waals surface area contributed by atoms with E-state index < -0.39 is 11.9 Å². The molecule has 1 heterocycles. The smallest absolute Gasteiger partial charge is 0.308 e. The van der Waals surface area contributed by atoms with E-state index in [4.69, 9.17) is 5.11 Å². The average molecular weight is 223 g/mol. The second kappa shape index (κ2) is 4.22. The number of halogens is 1. The highest BCUT2D eigenvalue weighted by Crippen LogP contribution is 2.29. The molecule has 0 spiro atoms. The van der Waals surface area contributed by atoms with Crippen molar-refractivity contribution in [1.82, 2.24) is 5.32 Å². The molecule has 2 rings (SSSR count). The number of carboxylic acid groups (broad SMARTS) is 1. The Morgan fingerprint density at radius 2 is 2.19 bits per heavy atom. The first-order valence-corrected chi connectivity index (χ1v) is 5.28. The zero-order chi connectivity index (χ0) is 11.7. The summed E-state index contributed by atoms with van der Waals surface area (Å²) in [6.45, 7) is 2.86. The number of carbonyl (C=O) groups is 1. The van der Waals surface area contributed by atoms with Gasteiger partial charge in [-0.05, 0) is 30.2 Å². The Morgan fingerprint density at radius 3 is 2.81 bits per heavy atom. The van der Waals surface area contributed by atoms with Gasteiger partial charge in [0.1, 0.15) is 5.82 Å². The van der Waals surface area contributed by atoms with E-state index in [1.165, 1.54) is 12.1 Å². The van der Waals surface area contributed by atoms with Crippen LogP contribution in [0.25, 0.3) is 0 Å². The first kappa shape index (κ1) is 11.1. The lowest BCUT2D eigenvalue weighted by Crippen LogP contribution is -2.21. The second-order valence-corrected chi connectivity index (χ2v) is 4.27. The molecule has 1 saturated heterocycles. The third kappa shape index (κ3) is 2.07. The van der Waals surface area contributed by atoms with Crippen LogP contribution in [0.15, 0.2) is 18.2 Å². The molecule has 1 aliphatic heterocycles. The number of aliphatic carboxylic acids is 1. The Hall–Kier alpha value is -1.42. The van der Waals surface area contributed by atoms with Crippen LogP contribution in [-0.4, -0.2) is 24.2 Å². The molecule has 0 amide bonds. The number of nitrogens with one attached hydrogen (secondary N) is 1. The van der Waals surface area contributed by atoms with Crippen LogP contribution in [0.1, 0.15) is 17.0 Å². The minimum Gasteiger partial charge on any atom is -0.481 e. The van der Waals surface area contributed by atoms with E-state index in [1.54, 1.807) is 0 Å². The Balaban J connectivity index is 2.32. The Bertz CT molecular complexity index is 399. The average Bonchev–Trinajstić information content (AvgIpc) is 2.63. The maximum atomic E-state index is 13.2. The van der Waals surface area contributed by atoms with Gasteiger partial charge < -0.3 is 10.4 Å². The van der Waals surface area contributed by atoms with E-state index >= 15 is 0 Å². The van der Waals surface area contributed by atoms with Gasteiger partial charge in [-0.3, -0.25) is 4.79 Å². The lowest BCUT2D eigenvalue weighted by molar-refractivity contribution is -0.141. The highest BCUT2D eigenvalue weighted by Gasteiger charge is 2.34. The van der Waals surface area contributed by atoms with Crippen molar-refractivity contribution >= 4 is 5.97 Å². The van der Waals surface area contributed by atoms with Crippen molar-refractivity contribution in [3.05, 3.63) is 35.1 Å². The van der Waals surface area contributed by atoms with Crippen LogP contribution in [0, 0.1) is 18.7 Å². The first-order chi connectivity index (χ1) is 7.58. The van der Waals surface area contributed by atoms with Crippen molar-refractivity contribution in [2.24, 2.45) is 5.92 Å². The SMILES string of the molecule is Cc1cc(F)cc(C2CNCC2C(=O)O)c1. The summed E-state index contributed by atoms with van der Waals surface area (Å²) < 4.78 is 13.2. The molecule has 1 aromatic carbocycles. The number of rotatable bonds is 2. The molecule has 1 aromatic rings. The summed E-state index contributed by atoms with van der Waals surface area (Å²) in [5, 5.41) is 12.1. The summed E-state index contributed by atoms with van der Waals surface area (Å²) >= 11 is 0. The number of hydrogen-bond acceptors (Lipinski definition) is 2. The molecule has 0 saturated carbocycles. The largest absolute Gasteiger partial charge is 0.481 e. The van der Waals surface area contributed by atoms with Crippen LogP contribution >= 0.6 is 0 Å². The zero-order valence-electron chi connectivity index (χ0n) is 9.03. The normalized spacial score (nSPS) is 24.6. The predicted octanol–water partition coefficient (Wildman–Crippen LogP) is 1.52. The van der Waals surface area contributed by atoms with E-state index in [0.29, 0.717) is 13.1 Å². The molecule has 2 unspecified atom stereocenters. The van der Waals surface area contributed by atoms with Crippen molar-refractivity contribution in [1.29, 1.82) is 0 Å². The van der Waals surface area contributed by atoms with Gasteiger partial charge in [-0.1, -0.05) is 6.07 Å². The summed E-state index contributed by atoms with van der Waals surface area (Å²) in [4.78, 5) is 11.0. The van der Waals surface area contributed by atoms with Crippen LogP contribution in [0.4, 0.5) is 4.39 Å². The molecule has 3 nitrogen and oxygen atoms in total. The standard InChI is InChI=1S/C12H14FNO2/c1-7-2-8(4-9(13)3-7)10-5-14-6-11(10)12(15)16/h2-4,10-11,14H,5-6H2,1H3,(H,15,16). The molecule has 2 N–H and O–H groups in total. The van der Waals surface area contributed by atoms with Crippen LogP contribution in [0.2, 0.25) is 0 Å². The molecule has 0 bridgehead atoms. The molecule has 0 radical (unpaired) electrons. The van der Waals surface area contributed by atoms with E-state index in [9.17, 15) is 9.18 Å². The molecule has 0 aromatic heterocycles. The van der Waals surface area contributed by atoms with Crippen molar-refractivity contribution < 1.29 is 14.3 Å². The number of hydrogen-bond donors (Lipinski definition) is 2. The van der Waals surface area contributed by atoms with Gasteiger partial charge in [0.25, 0.3) is 0 Å².